The lowest BCUT2D eigenvalue weighted by atomic mass is 9.93. The number of hydrogen-bond acceptors (Lipinski definition) is 3. The maximum absolute atomic E-state index is 6.20. The van der Waals surface area contributed by atoms with E-state index in [1.165, 1.54) is 22.3 Å². The highest BCUT2D eigenvalue weighted by Gasteiger charge is 2.27. The lowest BCUT2D eigenvalue weighted by Crippen LogP contribution is -2.35. The Bertz CT molecular complexity index is 1020. The molecule has 152 valence electrons. The average Bonchev–Trinajstić information content (AvgIpc) is 2.67. The van der Waals surface area contributed by atoms with E-state index in [2.05, 4.69) is 69.0 Å². The molecule has 4 rings (SSSR count). The van der Waals surface area contributed by atoms with E-state index in [4.69, 9.17) is 21.6 Å². The fourth-order valence-corrected chi connectivity index (χ4v) is 4.20. The number of aromatic nitrogens is 2. The predicted octanol–water partition coefficient (Wildman–Crippen LogP) is 6.19. The summed E-state index contributed by atoms with van der Waals surface area (Å²) < 4.78 is 0. The molecule has 0 saturated carbocycles. The smallest absolute Gasteiger partial charge is 0.136 e. The van der Waals surface area contributed by atoms with E-state index in [0.717, 1.165) is 47.3 Å². The van der Waals surface area contributed by atoms with E-state index in [9.17, 15) is 0 Å². The molecule has 0 fully saturated rings. The second-order valence-corrected chi connectivity index (χ2v) is 8.24. The fourth-order valence-electron chi connectivity index (χ4n) is 4.01. The Balaban J connectivity index is 0.00000240. The average molecular weight is 428 g/mol. The van der Waals surface area contributed by atoms with Crippen LogP contribution in [0.25, 0.3) is 0 Å². The summed E-state index contributed by atoms with van der Waals surface area (Å²) in [7, 11) is 0. The van der Waals surface area contributed by atoms with Gasteiger partial charge in [-0.15, -0.1) is 12.4 Å². The molecular weight excluding hydrogens is 401 g/mol. The minimum Gasteiger partial charge on any atom is -0.349 e. The normalized spacial score (nSPS) is 15.6. The first-order valence-electron chi connectivity index (χ1n) is 9.87. The number of anilines is 1. The number of nitrogens with zero attached hydrogens (tertiary/aromatic N) is 3. The van der Waals surface area contributed by atoms with Crippen LogP contribution in [0.2, 0.25) is 5.02 Å². The quantitative estimate of drug-likeness (QED) is 0.498. The maximum Gasteiger partial charge on any atom is 0.136 e. The Morgan fingerprint density at radius 1 is 1.03 bits per heavy atom. The predicted molar refractivity (Wildman–Crippen MR) is 124 cm³/mol. The summed E-state index contributed by atoms with van der Waals surface area (Å²) in [5.74, 6) is 1.94. The molecule has 5 heteroatoms. The molecule has 29 heavy (non-hydrogen) atoms. The minimum atomic E-state index is 0. The molecule has 1 unspecified atom stereocenters. The third-order valence-electron chi connectivity index (χ3n) is 5.81. The van der Waals surface area contributed by atoms with Crippen molar-refractivity contribution in [2.45, 2.75) is 46.6 Å². The number of aryl methyl sites for hydroxylation is 2. The zero-order chi connectivity index (χ0) is 19.8. The highest BCUT2D eigenvalue weighted by atomic mass is 35.5. The van der Waals surface area contributed by atoms with Crippen molar-refractivity contribution in [1.82, 2.24) is 9.97 Å². The van der Waals surface area contributed by atoms with E-state index < -0.39 is 0 Å². The Morgan fingerprint density at radius 3 is 2.48 bits per heavy atom. The van der Waals surface area contributed by atoms with Gasteiger partial charge in [0.2, 0.25) is 0 Å². The summed E-state index contributed by atoms with van der Waals surface area (Å²) in [6.45, 7) is 9.52. The third-order valence-corrected chi connectivity index (χ3v) is 6.04. The Hall–Kier alpha value is -2.10. The number of halogens is 2. The van der Waals surface area contributed by atoms with Crippen LogP contribution in [0.15, 0.2) is 42.5 Å². The summed E-state index contributed by atoms with van der Waals surface area (Å²) in [5, 5.41) is 0.814. The second-order valence-electron chi connectivity index (χ2n) is 7.80. The number of fused-ring (bicyclic) bond motifs is 1. The number of rotatable bonds is 3. The van der Waals surface area contributed by atoms with Gasteiger partial charge in [-0.3, -0.25) is 0 Å². The first-order valence-corrected chi connectivity index (χ1v) is 10.2. The molecule has 1 atom stereocenters. The highest BCUT2D eigenvalue weighted by Crippen LogP contribution is 2.35. The summed E-state index contributed by atoms with van der Waals surface area (Å²) >= 11 is 6.20. The topological polar surface area (TPSA) is 29.0 Å². The first-order chi connectivity index (χ1) is 13.4. The van der Waals surface area contributed by atoms with E-state index in [-0.39, 0.29) is 18.4 Å². The molecule has 0 spiro atoms. The highest BCUT2D eigenvalue weighted by molar-refractivity contribution is 6.30. The summed E-state index contributed by atoms with van der Waals surface area (Å²) in [5.41, 5.74) is 7.42. The molecule has 0 saturated heterocycles. The first kappa shape index (κ1) is 21.6. The van der Waals surface area contributed by atoms with Crippen molar-refractivity contribution in [2.75, 3.05) is 11.4 Å². The van der Waals surface area contributed by atoms with E-state index in [1.54, 1.807) is 0 Å². The molecule has 2 heterocycles. The SMILES string of the molecule is Cc1ccc(Cc2nc(C)c(C)c(N3CCc4cc(Cl)ccc4C3C)n2)cc1.Cl. The Morgan fingerprint density at radius 2 is 1.76 bits per heavy atom. The molecular formula is C24H27Cl2N3. The van der Waals surface area contributed by atoms with Crippen LogP contribution in [0.1, 0.15) is 52.3 Å². The van der Waals surface area contributed by atoms with Gasteiger partial charge >= 0.3 is 0 Å². The van der Waals surface area contributed by atoms with Gasteiger partial charge in [-0.1, -0.05) is 47.5 Å². The molecule has 1 aromatic heterocycles. The standard InChI is InChI=1S/C24H26ClN3.ClH/c1-15-5-7-19(8-6-15)13-23-26-17(3)16(2)24(27-23)28-12-11-20-14-21(25)9-10-22(20)18(28)4;/h5-10,14,18H,11-13H2,1-4H3;1H. The van der Waals surface area contributed by atoms with Crippen LogP contribution in [0.4, 0.5) is 5.82 Å². The summed E-state index contributed by atoms with van der Waals surface area (Å²) in [4.78, 5) is 12.2. The van der Waals surface area contributed by atoms with E-state index >= 15 is 0 Å². The fraction of sp³-hybridized carbons (Fsp3) is 0.333. The molecule has 0 amide bonds. The second kappa shape index (κ2) is 8.73. The number of hydrogen-bond donors (Lipinski definition) is 0. The van der Waals surface area contributed by atoms with Gasteiger partial charge in [0.1, 0.15) is 11.6 Å². The van der Waals surface area contributed by atoms with Crippen LogP contribution >= 0.6 is 24.0 Å². The zero-order valence-corrected chi connectivity index (χ0v) is 18.9. The van der Waals surface area contributed by atoms with Crippen LogP contribution < -0.4 is 4.90 Å². The van der Waals surface area contributed by atoms with Crippen molar-refractivity contribution in [3.8, 4) is 0 Å². The molecule has 0 aliphatic carbocycles. The molecule has 0 N–H and O–H groups in total. The van der Waals surface area contributed by atoms with E-state index in [1.807, 2.05) is 6.07 Å². The van der Waals surface area contributed by atoms with Gasteiger partial charge in [0.25, 0.3) is 0 Å². The molecule has 1 aliphatic rings. The van der Waals surface area contributed by atoms with Crippen molar-refractivity contribution in [1.29, 1.82) is 0 Å². The van der Waals surface area contributed by atoms with Crippen molar-refractivity contribution in [3.63, 3.8) is 0 Å². The van der Waals surface area contributed by atoms with Gasteiger partial charge in [-0.05, 0) is 62.9 Å². The van der Waals surface area contributed by atoms with Crippen LogP contribution in [0.3, 0.4) is 0 Å². The summed E-state index contributed by atoms with van der Waals surface area (Å²) in [6, 6.07) is 15.1. The molecule has 3 aromatic rings. The maximum atomic E-state index is 6.20. The van der Waals surface area contributed by atoms with Crippen LogP contribution in [0.5, 0.6) is 0 Å². The number of benzene rings is 2. The zero-order valence-electron chi connectivity index (χ0n) is 17.4. The van der Waals surface area contributed by atoms with Gasteiger partial charge in [0.05, 0.1) is 6.04 Å². The minimum absolute atomic E-state index is 0. The Kier molecular flexibility index (Phi) is 6.50. The monoisotopic (exact) mass is 427 g/mol. The largest absolute Gasteiger partial charge is 0.349 e. The molecule has 3 nitrogen and oxygen atoms in total. The Labute approximate surface area is 184 Å². The van der Waals surface area contributed by atoms with Crippen molar-refractivity contribution in [2.24, 2.45) is 0 Å². The lowest BCUT2D eigenvalue weighted by molar-refractivity contribution is 0.612. The van der Waals surface area contributed by atoms with Crippen LogP contribution in [-0.2, 0) is 12.8 Å². The lowest BCUT2D eigenvalue weighted by Gasteiger charge is -2.37. The van der Waals surface area contributed by atoms with Gasteiger partial charge < -0.3 is 4.90 Å². The van der Waals surface area contributed by atoms with Crippen LogP contribution in [-0.4, -0.2) is 16.5 Å². The van der Waals surface area contributed by atoms with Crippen LogP contribution in [0, 0.1) is 20.8 Å². The van der Waals surface area contributed by atoms with Crippen molar-refractivity contribution < 1.29 is 0 Å². The molecule has 0 radical (unpaired) electrons. The van der Waals surface area contributed by atoms with Gasteiger partial charge in [0.15, 0.2) is 0 Å². The van der Waals surface area contributed by atoms with Crippen molar-refractivity contribution >= 4 is 29.8 Å². The van der Waals surface area contributed by atoms with Gasteiger partial charge in [0, 0.05) is 29.2 Å². The molecule has 1 aliphatic heterocycles. The van der Waals surface area contributed by atoms with Gasteiger partial charge in [-0.2, -0.15) is 0 Å². The summed E-state index contributed by atoms with van der Waals surface area (Å²) in [6.07, 6.45) is 1.73. The third kappa shape index (κ3) is 4.41. The van der Waals surface area contributed by atoms with Gasteiger partial charge in [-0.25, -0.2) is 9.97 Å². The van der Waals surface area contributed by atoms with Crippen molar-refractivity contribution in [3.05, 3.63) is 86.8 Å². The molecule has 2 aromatic carbocycles. The molecule has 0 bridgehead atoms. The van der Waals surface area contributed by atoms with E-state index in [0.29, 0.717) is 0 Å².